The Morgan fingerprint density at radius 1 is 1.46 bits per heavy atom. The summed E-state index contributed by atoms with van der Waals surface area (Å²) in [5.74, 6) is 0. The van der Waals surface area contributed by atoms with Gasteiger partial charge in [0.25, 0.3) is 0 Å². The number of hydrogen-bond donors (Lipinski definition) is 2. The first-order valence-electron chi connectivity index (χ1n) is 4.50. The van der Waals surface area contributed by atoms with Gasteiger partial charge in [0.15, 0.2) is 0 Å². The standard InChI is InChI=1S/C8H13NO.C3H8/c1-3-5-7(4-2)8(10)6-9;1-3-2/h3-5,8,10H,1-2,6,9H2;3H2,1-2H3/b7-5+;. The highest BCUT2D eigenvalue weighted by molar-refractivity contribution is 5.25. The maximum atomic E-state index is 9.14. The molecule has 0 heterocycles. The van der Waals surface area contributed by atoms with Gasteiger partial charge in [0.05, 0.1) is 6.10 Å². The number of allylic oxidation sites excluding steroid dienone is 2. The van der Waals surface area contributed by atoms with E-state index in [0.717, 1.165) is 0 Å². The molecule has 3 N–H and O–H groups in total. The average molecular weight is 183 g/mol. The molecule has 0 spiro atoms. The van der Waals surface area contributed by atoms with Crippen LogP contribution in [-0.4, -0.2) is 17.8 Å². The molecule has 13 heavy (non-hydrogen) atoms. The Labute approximate surface area is 81.5 Å². The molecule has 0 bridgehead atoms. The molecule has 0 rings (SSSR count). The Kier molecular flexibility index (Phi) is 12.6. The van der Waals surface area contributed by atoms with Crippen molar-refractivity contribution in [3.8, 4) is 0 Å². The van der Waals surface area contributed by atoms with Gasteiger partial charge in [-0.1, -0.05) is 51.7 Å². The minimum atomic E-state index is -0.615. The molecule has 0 aromatic carbocycles. The minimum absolute atomic E-state index is 0.214. The third kappa shape index (κ3) is 9.05. The zero-order valence-corrected chi connectivity index (χ0v) is 8.66. The van der Waals surface area contributed by atoms with E-state index in [-0.39, 0.29) is 6.54 Å². The quantitative estimate of drug-likeness (QED) is 0.655. The molecule has 0 aliphatic carbocycles. The second-order valence-electron chi connectivity index (χ2n) is 2.57. The van der Waals surface area contributed by atoms with Gasteiger partial charge in [0.1, 0.15) is 0 Å². The lowest BCUT2D eigenvalue weighted by atomic mass is 10.1. The molecule has 0 fully saturated rings. The largest absolute Gasteiger partial charge is 0.387 e. The van der Waals surface area contributed by atoms with E-state index in [4.69, 9.17) is 10.8 Å². The monoisotopic (exact) mass is 183 g/mol. The predicted octanol–water partition coefficient (Wildman–Crippen LogP) is 2.02. The van der Waals surface area contributed by atoms with Crippen LogP contribution in [0, 0.1) is 0 Å². The molecule has 0 saturated heterocycles. The lowest BCUT2D eigenvalue weighted by Gasteiger charge is -2.06. The van der Waals surface area contributed by atoms with E-state index in [1.807, 2.05) is 0 Å². The summed E-state index contributed by atoms with van der Waals surface area (Å²) in [6.45, 7) is 11.5. The molecule has 2 nitrogen and oxygen atoms in total. The molecule has 2 heteroatoms. The van der Waals surface area contributed by atoms with Gasteiger partial charge >= 0.3 is 0 Å². The number of hydrogen-bond acceptors (Lipinski definition) is 2. The van der Waals surface area contributed by atoms with Gasteiger partial charge in [-0.2, -0.15) is 0 Å². The molecular weight excluding hydrogens is 162 g/mol. The van der Waals surface area contributed by atoms with Gasteiger partial charge in [-0.05, 0) is 5.57 Å². The number of aliphatic hydroxyl groups excluding tert-OH is 1. The second-order valence-corrected chi connectivity index (χ2v) is 2.57. The molecule has 0 aliphatic rings. The summed E-state index contributed by atoms with van der Waals surface area (Å²) in [4.78, 5) is 0. The highest BCUT2D eigenvalue weighted by Gasteiger charge is 2.02. The van der Waals surface area contributed by atoms with E-state index in [1.165, 1.54) is 6.42 Å². The molecule has 0 saturated carbocycles. The van der Waals surface area contributed by atoms with Gasteiger partial charge in [0, 0.05) is 6.54 Å². The average Bonchev–Trinajstić information content (AvgIpc) is 2.14. The van der Waals surface area contributed by atoms with Crippen LogP contribution in [-0.2, 0) is 0 Å². The zero-order chi connectivity index (χ0) is 10.7. The fraction of sp³-hybridized carbons (Fsp3) is 0.455. The van der Waals surface area contributed by atoms with Crippen molar-refractivity contribution < 1.29 is 5.11 Å². The Hall–Kier alpha value is -0.860. The van der Waals surface area contributed by atoms with Crippen LogP contribution in [0.2, 0.25) is 0 Å². The normalized spacial score (nSPS) is 12.5. The molecule has 76 valence electrons. The SMILES string of the molecule is C=C/C=C(\C=C)C(O)CN.CCC. The zero-order valence-electron chi connectivity index (χ0n) is 8.66. The van der Waals surface area contributed by atoms with E-state index in [9.17, 15) is 0 Å². The maximum Gasteiger partial charge on any atom is 0.0912 e. The first-order valence-corrected chi connectivity index (χ1v) is 4.50. The highest BCUT2D eigenvalue weighted by Crippen LogP contribution is 2.01. The summed E-state index contributed by atoms with van der Waals surface area (Å²) in [6.07, 6.45) is 5.48. The summed E-state index contributed by atoms with van der Waals surface area (Å²) >= 11 is 0. The summed E-state index contributed by atoms with van der Waals surface area (Å²) in [5.41, 5.74) is 5.91. The number of nitrogens with two attached hydrogens (primary N) is 1. The smallest absolute Gasteiger partial charge is 0.0912 e. The Morgan fingerprint density at radius 3 is 2.15 bits per heavy atom. The van der Waals surface area contributed by atoms with Crippen molar-refractivity contribution in [3.63, 3.8) is 0 Å². The van der Waals surface area contributed by atoms with Crippen molar-refractivity contribution >= 4 is 0 Å². The van der Waals surface area contributed by atoms with Crippen LogP contribution in [0.25, 0.3) is 0 Å². The Morgan fingerprint density at radius 2 is 1.92 bits per heavy atom. The third-order valence-corrected chi connectivity index (χ3v) is 1.15. The molecule has 0 aromatic heterocycles. The van der Waals surface area contributed by atoms with Gasteiger partial charge in [-0.25, -0.2) is 0 Å². The molecule has 1 atom stereocenters. The number of rotatable bonds is 4. The van der Waals surface area contributed by atoms with Crippen molar-refractivity contribution in [2.24, 2.45) is 5.73 Å². The van der Waals surface area contributed by atoms with Gasteiger partial charge in [0.2, 0.25) is 0 Å². The molecule has 0 amide bonds. The summed E-state index contributed by atoms with van der Waals surface area (Å²) in [6, 6.07) is 0. The Balaban J connectivity index is 0. The first kappa shape index (κ1) is 14.7. The molecule has 0 aromatic rings. The van der Waals surface area contributed by atoms with E-state index >= 15 is 0 Å². The van der Waals surface area contributed by atoms with Crippen LogP contribution in [0.15, 0.2) is 37.0 Å². The Bertz CT molecular complexity index is 161. The molecule has 1 unspecified atom stereocenters. The van der Waals surface area contributed by atoms with Crippen molar-refractivity contribution in [1.82, 2.24) is 0 Å². The molecule has 0 radical (unpaired) electrons. The predicted molar refractivity (Wildman–Crippen MR) is 59.5 cm³/mol. The van der Waals surface area contributed by atoms with E-state index in [0.29, 0.717) is 5.57 Å². The van der Waals surface area contributed by atoms with Crippen LogP contribution in [0.1, 0.15) is 20.3 Å². The first-order chi connectivity index (χ1) is 6.17. The van der Waals surface area contributed by atoms with Gasteiger partial charge in [-0.15, -0.1) is 0 Å². The highest BCUT2D eigenvalue weighted by atomic mass is 16.3. The van der Waals surface area contributed by atoms with Crippen LogP contribution >= 0.6 is 0 Å². The van der Waals surface area contributed by atoms with Crippen LogP contribution < -0.4 is 5.73 Å². The van der Waals surface area contributed by atoms with Crippen molar-refractivity contribution in [1.29, 1.82) is 0 Å². The maximum absolute atomic E-state index is 9.14. The van der Waals surface area contributed by atoms with Crippen LogP contribution in [0.3, 0.4) is 0 Å². The lowest BCUT2D eigenvalue weighted by Crippen LogP contribution is -2.20. The fourth-order valence-corrected chi connectivity index (χ4v) is 0.587. The number of aliphatic hydroxyl groups is 1. The second kappa shape index (κ2) is 11.1. The van der Waals surface area contributed by atoms with E-state index in [1.54, 1.807) is 18.2 Å². The summed E-state index contributed by atoms with van der Waals surface area (Å²) in [7, 11) is 0. The topological polar surface area (TPSA) is 46.2 Å². The van der Waals surface area contributed by atoms with Crippen molar-refractivity contribution in [2.45, 2.75) is 26.4 Å². The lowest BCUT2D eigenvalue weighted by molar-refractivity contribution is 0.223. The van der Waals surface area contributed by atoms with Crippen LogP contribution in [0.4, 0.5) is 0 Å². The molecular formula is C11H21NO. The van der Waals surface area contributed by atoms with Crippen molar-refractivity contribution in [3.05, 3.63) is 37.0 Å². The van der Waals surface area contributed by atoms with E-state index in [2.05, 4.69) is 27.0 Å². The van der Waals surface area contributed by atoms with E-state index < -0.39 is 6.10 Å². The summed E-state index contributed by atoms with van der Waals surface area (Å²) < 4.78 is 0. The third-order valence-electron chi connectivity index (χ3n) is 1.15. The fourth-order valence-electron chi connectivity index (χ4n) is 0.587. The minimum Gasteiger partial charge on any atom is -0.387 e. The molecule has 0 aliphatic heterocycles. The van der Waals surface area contributed by atoms with Crippen LogP contribution in [0.5, 0.6) is 0 Å². The van der Waals surface area contributed by atoms with Gasteiger partial charge in [-0.3, -0.25) is 0 Å². The van der Waals surface area contributed by atoms with Crippen molar-refractivity contribution in [2.75, 3.05) is 6.54 Å². The van der Waals surface area contributed by atoms with Gasteiger partial charge < -0.3 is 10.8 Å². The summed E-state index contributed by atoms with van der Waals surface area (Å²) in [5, 5.41) is 9.14.